The van der Waals surface area contributed by atoms with E-state index in [0.29, 0.717) is 12.4 Å². The fourth-order valence-electron chi connectivity index (χ4n) is 1.54. The molecule has 0 aliphatic heterocycles. The summed E-state index contributed by atoms with van der Waals surface area (Å²) in [7, 11) is 1.36. The predicted molar refractivity (Wildman–Crippen MR) is 63.9 cm³/mol. The summed E-state index contributed by atoms with van der Waals surface area (Å²) in [6, 6.07) is 9.55. The van der Waals surface area contributed by atoms with Gasteiger partial charge in [0.05, 0.1) is 20.1 Å². The summed E-state index contributed by atoms with van der Waals surface area (Å²) in [5.41, 5.74) is 0.805. The van der Waals surface area contributed by atoms with Gasteiger partial charge in [-0.1, -0.05) is 18.2 Å². The Kier molecular flexibility index (Phi) is 3.55. The quantitative estimate of drug-likeness (QED) is 0.757. The standard InChI is InChI=1S/C13H13NO3/c1-16-12(15)7-9-17-11-6-2-4-10-5-3-8-14-13(10)11/h2-6,8H,7,9H2,1H3. The average Bonchev–Trinajstić information content (AvgIpc) is 2.39. The summed E-state index contributed by atoms with van der Waals surface area (Å²) in [5.74, 6) is 0.408. The maximum atomic E-state index is 10.9. The van der Waals surface area contributed by atoms with E-state index in [4.69, 9.17) is 4.74 Å². The van der Waals surface area contributed by atoms with E-state index in [2.05, 4.69) is 9.72 Å². The van der Waals surface area contributed by atoms with Crippen molar-refractivity contribution in [3.8, 4) is 5.75 Å². The maximum absolute atomic E-state index is 10.9. The smallest absolute Gasteiger partial charge is 0.308 e. The van der Waals surface area contributed by atoms with Crippen LogP contribution in [0.1, 0.15) is 6.42 Å². The van der Waals surface area contributed by atoms with Crippen LogP contribution in [0.3, 0.4) is 0 Å². The van der Waals surface area contributed by atoms with Crippen LogP contribution < -0.4 is 4.74 Å². The highest BCUT2D eigenvalue weighted by atomic mass is 16.5. The topological polar surface area (TPSA) is 48.4 Å². The number of nitrogens with zero attached hydrogens (tertiary/aromatic N) is 1. The number of aromatic nitrogens is 1. The van der Waals surface area contributed by atoms with Crippen LogP contribution in [0.5, 0.6) is 5.75 Å². The van der Waals surface area contributed by atoms with Crippen molar-refractivity contribution in [1.29, 1.82) is 0 Å². The summed E-state index contributed by atoms with van der Waals surface area (Å²) in [5, 5.41) is 1.02. The van der Waals surface area contributed by atoms with Crippen LogP contribution in [-0.2, 0) is 9.53 Å². The van der Waals surface area contributed by atoms with Gasteiger partial charge in [0, 0.05) is 11.6 Å². The lowest BCUT2D eigenvalue weighted by molar-refractivity contribution is -0.141. The second kappa shape index (κ2) is 5.30. The third kappa shape index (κ3) is 2.72. The second-order valence-corrected chi connectivity index (χ2v) is 3.51. The number of carbonyl (C=O) groups is 1. The molecule has 0 atom stereocenters. The molecule has 2 rings (SSSR count). The third-order valence-corrected chi connectivity index (χ3v) is 2.39. The lowest BCUT2D eigenvalue weighted by atomic mass is 10.2. The van der Waals surface area contributed by atoms with Gasteiger partial charge in [-0.25, -0.2) is 0 Å². The first kappa shape index (κ1) is 11.4. The average molecular weight is 231 g/mol. The molecule has 0 saturated carbocycles. The molecule has 4 heteroatoms. The Morgan fingerprint density at radius 3 is 2.94 bits per heavy atom. The highest BCUT2D eigenvalue weighted by molar-refractivity contribution is 5.84. The first-order chi connectivity index (χ1) is 8.31. The summed E-state index contributed by atoms with van der Waals surface area (Å²) in [6.07, 6.45) is 1.95. The van der Waals surface area contributed by atoms with Crippen molar-refractivity contribution in [2.45, 2.75) is 6.42 Å². The highest BCUT2D eigenvalue weighted by Gasteiger charge is 2.04. The largest absolute Gasteiger partial charge is 0.491 e. The fourth-order valence-corrected chi connectivity index (χ4v) is 1.54. The Hall–Kier alpha value is -2.10. The van der Waals surface area contributed by atoms with Crippen molar-refractivity contribution in [3.05, 3.63) is 36.5 Å². The van der Waals surface area contributed by atoms with Crippen molar-refractivity contribution in [2.24, 2.45) is 0 Å². The zero-order valence-electron chi connectivity index (χ0n) is 9.55. The molecule has 0 amide bonds. The Balaban J connectivity index is 2.11. The van der Waals surface area contributed by atoms with Crippen LogP contribution in [0, 0.1) is 0 Å². The van der Waals surface area contributed by atoms with Gasteiger partial charge in [0.1, 0.15) is 11.3 Å². The van der Waals surface area contributed by atoms with Crippen LogP contribution in [-0.4, -0.2) is 24.7 Å². The second-order valence-electron chi connectivity index (χ2n) is 3.51. The Bertz CT molecular complexity index is 520. The van der Waals surface area contributed by atoms with Gasteiger partial charge in [0.25, 0.3) is 0 Å². The van der Waals surface area contributed by atoms with Gasteiger partial charge in [-0.2, -0.15) is 0 Å². The van der Waals surface area contributed by atoms with E-state index in [-0.39, 0.29) is 12.4 Å². The molecule has 0 saturated heterocycles. The number of hydrogen-bond donors (Lipinski definition) is 0. The lowest BCUT2D eigenvalue weighted by Gasteiger charge is -2.07. The molecule has 0 spiro atoms. The van der Waals surface area contributed by atoms with Crippen molar-refractivity contribution in [3.63, 3.8) is 0 Å². The molecule has 0 aliphatic carbocycles. The molecule has 0 radical (unpaired) electrons. The minimum Gasteiger partial charge on any atom is -0.491 e. The van der Waals surface area contributed by atoms with Crippen molar-refractivity contribution >= 4 is 16.9 Å². The van der Waals surface area contributed by atoms with Crippen LogP contribution in [0.25, 0.3) is 10.9 Å². The maximum Gasteiger partial charge on any atom is 0.308 e. The van der Waals surface area contributed by atoms with Crippen LogP contribution in [0.4, 0.5) is 0 Å². The van der Waals surface area contributed by atoms with Crippen molar-refractivity contribution in [1.82, 2.24) is 4.98 Å². The molecule has 17 heavy (non-hydrogen) atoms. The first-order valence-corrected chi connectivity index (χ1v) is 5.34. The van der Waals surface area contributed by atoms with E-state index in [1.165, 1.54) is 7.11 Å². The molecule has 1 aromatic heterocycles. The summed E-state index contributed by atoms with van der Waals surface area (Å²) < 4.78 is 10.1. The predicted octanol–water partition coefficient (Wildman–Crippen LogP) is 2.18. The van der Waals surface area contributed by atoms with E-state index in [1.54, 1.807) is 6.20 Å². The van der Waals surface area contributed by atoms with Crippen molar-refractivity contribution in [2.75, 3.05) is 13.7 Å². The van der Waals surface area contributed by atoms with Gasteiger partial charge in [0.2, 0.25) is 0 Å². The summed E-state index contributed by atoms with van der Waals surface area (Å²) >= 11 is 0. The Labute approximate surface area is 99.2 Å². The molecule has 1 heterocycles. The number of methoxy groups -OCH3 is 1. The Morgan fingerprint density at radius 1 is 1.29 bits per heavy atom. The van der Waals surface area contributed by atoms with E-state index in [9.17, 15) is 4.79 Å². The number of ether oxygens (including phenoxy) is 2. The van der Waals surface area contributed by atoms with Gasteiger partial charge in [-0.05, 0) is 12.1 Å². The number of fused-ring (bicyclic) bond motifs is 1. The number of benzene rings is 1. The molecule has 88 valence electrons. The van der Waals surface area contributed by atoms with Gasteiger partial charge in [0.15, 0.2) is 0 Å². The molecule has 0 unspecified atom stereocenters. The van der Waals surface area contributed by atoms with E-state index in [0.717, 1.165) is 10.9 Å². The molecule has 0 N–H and O–H groups in total. The number of rotatable bonds is 4. The molecular formula is C13H13NO3. The lowest BCUT2D eigenvalue weighted by Crippen LogP contribution is -2.07. The normalized spacial score (nSPS) is 10.2. The minimum atomic E-state index is -0.279. The monoisotopic (exact) mass is 231 g/mol. The van der Waals surface area contributed by atoms with Gasteiger partial charge < -0.3 is 9.47 Å². The highest BCUT2D eigenvalue weighted by Crippen LogP contribution is 2.22. The Morgan fingerprint density at radius 2 is 2.12 bits per heavy atom. The minimum absolute atomic E-state index is 0.236. The van der Waals surface area contributed by atoms with Gasteiger partial charge >= 0.3 is 5.97 Å². The molecule has 4 nitrogen and oxygen atoms in total. The fraction of sp³-hybridized carbons (Fsp3) is 0.231. The number of hydrogen-bond acceptors (Lipinski definition) is 4. The zero-order chi connectivity index (χ0) is 12.1. The zero-order valence-corrected chi connectivity index (χ0v) is 9.55. The molecular weight excluding hydrogens is 218 g/mol. The molecule has 0 bridgehead atoms. The number of pyridine rings is 1. The van der Waals surface area contributed by atoms with Crippen LogP contribution in [0.2, 0.25) is 0 Å². The van der Waals surface area contributed by atoms with Gasteiger partial charge in [-0.15, -0.1) is 0 Å². The first-order valence-electron chi connectivity index (χ1n) is 5.34. The van der Waals surface area contributed by atoms with Gasteiger partial charge in [-0.3, -0.25) is 9.78 Å². The summed E-state index contributed by atoms with van der Waals surface area (Å²) in [4.78, 5) is 15.2. The van der Waals surface area contributed by atoms with Crippen molar-refractivity contribution < 1.29 is 14.3 Å². The van der Waals surface area contributed by atoms with E-state index in [1.807, 2.05) is 30.3 Å². The number of para-hydroxylation sites is 1. The molecule has 0 fully saturated rings. The SMILES string of the molecule is COC(=O)CCOc1cccc2cccnc12. The van der Waals surface area contributed by atoms with E-state index >= 15 is 0 Å². The number of esters is 1. The van der Waals surface area contributed by atoms with Crippen LogP contribution in [0.15, 0.2) is 36.5 Å². The molecule has 0 aliphatic rings. The van der Waals surface area contributed by atoms with E-state index < -0.39 is 0 Å². The summed E-state index contributed by atoms with van der Waals surface area (Å²) in [6.45, 7) is 0.294. The number of carbonyl (C=O) groups excluding carboxylic acids is 1. The third-order valence-electron chi connectivity index (χ3n) is 2.39. The molecule has 2 aromatic rings. The van der Waals surface area contributed by atoms with Crippen LogP contribution >= 0.6 is 0 Å². The molecule has 1 aromatic carbocycles.